The molecule has 1 aromatic carbocycles. The molecule has 3 rings (SSSR count). The van der Waals surface area contributed by atoms with E-state index >= 15 is 0 Å². The molecule has 1 aromatic heterocycles. The van der Waals surface area contributed by atoms with Gasteiger partial charge < -0.3 is 10.1 Å². The average molecular weight is 317 g/mol. The van der Waals surface area contributed by atoms with Gasteiger partial charge >= 0.3 is 0 Å². The number of hydrogen-bond acceptors (Lipinski definition) is 3. The minimum absolute atomic E-state index is 0. The molecule has 4 heteroatoms. The molecule has 1 saturated heterocycles. The Balaban J connectivity index is 0.00000176. The predicted molar refractivity (Wildman–Crippen MR) is 92.8 cm³/mol. The summed E-state index contributed by atoms with van der Waals surface area (Å²) < 4.78 is 5.81. The SMILES string of the molecule is Cc1ccc(Oc2cccc(C=C3CCNCC3)c2)nc1.Cl. The zero-order valence-electron chi connectivity index (χ0n) is 12.7. The summed E-state index contributed by atoms with van der Waals surface area (Å²) in [5, 5.41) is 3.38. The first-order valence-electron chi connectivity index (χ1n) is 7.40. The number of nitrogens with one attached hydrogen (secondary N) is 1. The van der Waals surface area contributed by atoms with E-state index in [2.05, 4.69) is 28.5 Å². The topological polar surface area (TPSA) is 34.1 Å². The monoisotopic (exact) mass is 316 g/mol. The summed E-state index contributed by atoms with van der Waals surface area (Å²) in [5.41, 5.74) is 3.82. The lowest BCUT2D eigenvalue weighted by Crippen LogP contribution is -2.22. The Morgan fingerprint density at radius 3 is 2.68 bits per heavy atom. The van der Waals surface area contributed by atoms with Gasteiger partial charge in [0, 0.05) is 12.3 Å². The van der Waals surface area contributed by atoms with Crippen molar-refractivity contribution in [3.05, 3.63) is 59.3 Å². The molecule has 0 unspecified atom stereocenters. The molecule has 0 amide bonds. The van der Waals surface area contributed by atoms with Gasteiger partial charge in [-0.1, -0.05) is 29.8 Å². The molecule has 0 spiro atoms. The smallest absolute Gasteiger partial charge is 0.219 e. The normalized spacial score (nSPS) is 14.1. The molecule has 1 fully saturated rings. The van der Waals surface area contributed by atoms with Crippen LogP contribution in [0.5, 0.6) is 11.6 Å². The fourth-order valence-corrected chi connectivity index (χ4v) is 2.43. The Morgan fingerprint density at radius 2 is 1.95 bits per heavy atom. The molecular weight excluding hydrogens is 296 g/mol. The number of benzene rings is 1. The van der Waals surface area contributed by atoms with Gasteiger partial charge in [0.2, 0.25) is 5.88 Å². The molecule has 2 aromatic rings. The summed E-state index contributed by atoms with van der Waals surface area (Å²) in [6.07, 6.45) is 6.35. The van der Waals surface area contributed by atoms with Crippen LogP contribution >= 0.6 is 12.4 Å². The van der Waals surface area contributed by atoms with Crippen LogP contribution in [0.3, 0.4) is 0 Å². The highest BCUT2D eigenvalue weighted by Gasteiger charge is 2.05. The first-order valence-corrected chi connectivity index (χ1v) is 7.40. The van der Waals surface area contributed by atoms with E-state index < -0.39 is 0 Å². The number of piperidine rings is 1. The van der Waals surface area contributed by atoms with Gasteiger partial charge in [-0.25, -0.2) is 4.98 Å². The van der Waals surface area contributed by atoms with E-state index in [1.54, 1.807) is 0 Å². The third-order valence-electron chi connectivity index (χ3n) is 3.58. The third-order valence-corrected chi connectivity index (χ3v) is 3.58. The number of ether oxygens (including phenoxy) is 1. The molecular formula is C18H21ClN2O. The molecule has 0 saturated carbocycles. The molecule has 0 bridgehead atoms. The highest BCUT2D eigenvalue weighted by atomic mass is 35.5. The van der Waals surface area contributed by atoms with Gasteiger partial charge in [-0.2, -0.15) is 0 Å². The lowest BCUT2D eigenvalue weighted by atomic mass is 10.0. The van der Waals surface area contributed by atoms with E-state index in [4.69, 9.17) is 4.74 Å². The van der Waals surface area contributed by atoms with Crippen LogP contribution in [0.15, 0.2) is 48.2 Å². The van der Waals surface area contributed by atoms with Gasteiger partial charge in [-0.05, 0) is 56.1 Å². The van der Waals surface area contributed by atoms with E-state index in [0.717, 1.165) is 37.2 Å². The van der Waals surface area contributed by atoms with Crippen molar-refractivity contribution in [1.82, 2.24) is 10.3 Å². The maximum absolute atomic E-state index is 5.81. The molecule has 0 atom stereocenters. The van der Waals surface area contributed by atoms with Crippen molar-refractivity contribution in [2.24, 2.45) is 0 Å². The Hall–Kier alpha value is -1.84. The van der Waals surface area contributed by atoms with Crippen LogP contribution in [-0.2, 0) is 0 Å². The minimum Gasteiger partial charge on any atom is -0.439 e. The summed E-state index contributed by atoms with van der Waals surface area (Å²) in [4.78, 5) is 4.27. The van der Waals surface area contributed by atoms with Crippen LogP contribution in [0.1, 0.15) is 24.0 Å². The average Bonchev–Trinajstić information content (AvgIpc) is 2.51. The molecule has 0 aliphatic carbocycles. The number of halogens is 1. The summed E-state index contributed by atoms with van der Waals surface area (Å²) in [5.74, 6) is 1.46. The number of hydrogen-bond donors (Lipinski definition) is 1. The number of nitrogens with zero attached hydrogens (tertiary/aromatic N) is 1. The molecule has 0 radical (unpaired) electrons. The maximum Gasteiger partial charge on any atom is 0.219 e. The molecule has 1 N–H and O–H groups in total. The van der Waals surface area contributed by atoms with Crippen LogP contribution in [0.2, 0.25) is 0 Å². The standard InChI is InChI=1S/C18H20N2O.ClH/c1-14-5-6-18(20-13-14)21-17-4-2-3-16(12-17)11-15-7-9-19-10-8-15;/h2-6,11-13,19H,7-10H2,1H3;1H. The van der Waals surface area contributed by atoms with Crippen LogP contribution in [0.4, 0.5) is 0 Å². The van der Waals surface area contributed by atoms with Crippen molar-refractivity contribution in [2.75, 3.05) is 13.1 Å². The van der Waals surface area contributed by atoms with Crippen LogP contribution in [-0.4, -0.2) is 18.1 Å². The predicted octanol–water partition coefficient (Wildman–Crippen LogP) is 4.37. The summed E-state index contributed by atoms with van der Waals surface area (Å²) >= 11 is 0. The lowest BCUT2D eigenvalue weighted by Gasteiger charge is -2.15. The molecule has 1 aliphatic heterocycles. The maximum atomic E-state index is 5.81. The zero-order chi connectivity index (χ0) is 14.5. The Morgan fingerprint density at radius 1 is 1.14 bits per heavy atom. The van der Waals surface area contributed by atoms with Crippen LogP contribution < -0.4 is 10.1 Å². The quantitative estimate of drug-likeness (QED) is 0.913. The molecule has 22 heavy (non-hydrogen) atoms. The largest absolute Gasteiger partial charge is 0.439 e. The van der Waals surface area contributed by atoms with E-state index in [-0.39, 0.29) is 12.4 Å². The fourth-order valence-electron chi connectivity index (χ4n) is 2.43. The molecule has 116 valence electrons. The van der Waals surface area contributed by atoms with Crippen molar-refractivity contribution in [1.29, 1.82) is 0 Å². The number of rotatable bonds is 3. The van der Waals surface area contributed by atoms with Crippen molar-refractivity contribution in [2.45, 2.75) is 19.8 Å². The second kappa shape index (κ2) is 7.97. The first-order chi connectivity index (χ1) is 10.3. The van der Waals surface area contributed by atoms with Crippen molar-refractivity contribution >= 4 is 18.5 Å². The molecule has 3 nitrogen and oxygen atoms in total. The van der Waals surface area contributed by atoms with Gasteiger partial charge in [-0.3, -0.25) is 0 Å². The Bertz CT molecular complexity index is 630. The summed E-state index contributed by atoms with van der Waals surface area (Å²) in [6.45, 7) is 4.17. The Labute approximate surface area is 137 Å². The second-order valence-electron chi connectivity index (χ2n) is 5.40. The van der Waals surface area contributed by atoms with Crippen LogP contribution in [0, 0.1) is 6.92 Å². The molecule has 2 heterocycles. The van der Waals surface area contributed by atoms with Gasteiger partial charge in [0.25, 0.3) is 0 Å². The van der Waals surface area contributed by atoms with Gasteiger partial charge in [0.1, 0.15) is 5.75 Å². The van der Waals surface area contributed by atoms with E-state index in [9.17, 15) is 0 Å². The molecule has 1 aliphatic rings. The first kappa shape index (κ1) is 16.5. The van der Waals surface area contributed by atoms with E-state index in [1.807, 2.05) is 37.4 Å². The minimum atomic E-state index is 0. The number of pyridine rings is 1. The fraction of sp³-hybridized carbons (Fsp3) is 0.278. The summed E-state index contributed by atoms with van der Waals surface area (Å²) in [6, 6.07) is 12.1. The number of aromatic nitrogens is 1. The van der Waals surface area contributed by atoms with Crippen molar-refractivity contribution < 1.29 is 4.74 Å². The highest BCUT2D eigenvalue weighted by molar-refractivity contribution is 5.85. The van der Waals surface area contributed by atoms with E-state index in [1.165, 1.54) is 11.1 Å². The zero-order valence-corrected chi connectivity index (χ0v) is 13.5. The third kappa shape index (κ3) is 4.58. The summed E-state index contributed by atoms with van der Waals surface area (Å²) in [7, 11) is 0. The lowest BCUT2D eigenvalue weighted by molar-refractivity contribution is 0.462. The number of aryl methyl sites for hydroxylation is 1. The van der Waals surface area contributed by atoms with E-state index in [0.29, 0.717) is 5.88 Å². The van der Waals surface area contributed by atoms with Gasteiger partial charge in [-0.15, -0.1) is 12.4 Å². The highest BCUT2D eigenvalue weighted by Crippen LogP contribution is 2.23. The second-order valence-corrected chi connectivity index (χ2v) is 5.40. The van der Waals surface area contributed by atoms with Crippen LogP contribution in [0.25, 0.3) is 6.08 Å². The Kier molecular flexibility index (Phi) is 5.99. The van der Waals surface area contributed by atoms with Gasteiger partial charge in [0.05, 0.1) is 0 Å². The van der Waals surface area contributed by atoms with Crippen molar-refractivity contribution in [3.8, 4) is 11.6 Å². The van der Waals surface area contributed by atoms with Crippen molar-refractivity contribution in [3.63, 3.8) is 0 Å². The van der Waals surface area contributed by atoms with Gasteiger partial charge in [0.15, 0.2) is 0 Å².